The van der Waals surface area contributed by atoms with Gasteiger partial charge in [0.25, 0.3) is 0 Å². The van der Waals surface area contributed by atoms with Crippen LogP contribution in [0.1, 0.15) is 55.7 Å². The molecule has 0 bridgehead atoms. The molecular formula is C50H43N3. The first kappa shape index (κ1) is 33.9. The molecule has 1 fully saturated rings. The summed E-state index contributed by atoms with van der Waals surface area (Å²) in [5, 5.41) is 2.36. The van der Waals surface area contributed by atoms with Crippen molar-refractivity contribution in [1.82, 2.24) is 15.0 Å². The summed E-state index contributed by atoms with van der Waals surface area (Å²) in [6.07, 6.45) is 14.1. The molecule has 0 radical (unpaired) electrons. The summed E-state index contributed by atoms with van der Waals surface area (Å²) >= 11 is 0. The minimum atomic E-state index is -0.0270. The number of aromatic nitrogens is 3. The molecule has 0 aliphatic heterocycles. The van der Waals surface area contributed by atoms with Crippen molar-refractivity contribution in [3.8, 4) is 45.3 Å². The lowest BCUT2D eigenvalue weighted by Gasteiger charge is -2.39. The molecule has 0 unspecified atom stereocenters. The lowest BCUT2D eigenvalue weighted by atomic mass is 9.65. The Morgan fingerprint density at radius 2 is 1.02 bits per heavy atom. The second-order valence-electron chi connectivity index (χ2n) is 14.0. The van der Waals surface area contributed by atoms with Crippen molar-refractivity contribution in [2.45, 2.75) is 44.4 Å². The Labute approximate surface area is 313 Å². The topological polar surface area (TPSA) is 38.7 Å². The molecule has 7 aromatic rings. The van der Waals surface area contributed by atoms with Crippen molar-refractivity contribution in [2.24, 2.45) is 0 Å². The van der Waals surface area contributed by atoms with Gasteiger partial charge in [0.1, 0.15) is 0 Å². The number of benzene rings is 6. The molecule has 0 spiro atoms. The summed E-state index contributed by atoms with van der Waals surface area (Å²) < 4.78 is 0. The van der Waals surface area contributed by atoms with Crippen molar-refractivity contribution < 1.29 is 0 Å². The van der Waals surface area contributed by atoms with Crippen LogP contribution < -0.4 is 0 Å². The van der Waals surface area contributed by atoms with Crippen LogP contribution in [0, 0.1) is 0 Å². The van der Waals surface area contributed by atoms with Gasteiger partial charge in [0.15, 0.2) is 17.5 Å². The van der Waals surface area contributed by atoms with E-state index in [1.54, 1.807) is 0 Å². The van der Waals surface area contributed by atoms with Crippen LogP contribution in [-0.2, 0) is 5.41 Å². The molecule has 1 aromatic heterocycles. The zero-order valence-corrected chi connectivity index (χ0v) is 30.3. The first-order valence-corrected chi connectivity index (χ1v) is 18.7. The SMILES string of the molecule is C=C(/C=C\C=C/C)c1ccc(-c2ccc(C3(c4ccc(-c5nc(-c6ccccc6)nc(-c6ccc7ccccc7c6)n5)cc4)CCCCC3)cc2)cc1. The summed E-state index contributed by atoms with van der Waals surface area (Å²) in [6.45, 7) is 6.25. The predicted octanol–water partition coefficient (Wildman–Crippen LogP) is 13.1. The summed E-state index contributed by atoms with van der Waals surface area (Å²) in [4.78, 5) is 15.0. The third-order valence-corrected chi connectivity index (χ3v) is 10.7. The quantitative estimate of drug-likeness (QED) is 0.142. The summed E-state index contributed by atoms with van der Waals surface area (Å²) in [5.74, 6) is 2.03. The van der Waals surface area contributed by atoms with Crippen LogP contribution in [0.2, 0.25) is 0 Å². The first-order chi connectivity index (χ1) is 26.1. The molecule has 1 aliphatic carbocycles. The molecular weight excluding hydrogens is 643 g/mol. The average Bonchev–Trinajstić information content (AvgIpc) is 3.24. The Balaban J connectivity index is 1.11. The van der Waals surface area contributed by atoms with Gasteiger partial charge >= 0.3 is 0 Å². The predicted molar refractivity (Wildman–Crippen MR) is 222 cm³/mol. The number of hydrogen-bond acceptors (Lipinski definition) is 3. The van der Waals surface area contributed by atoms with Gasteiger partial charge in [-0.15, -0.1) is 0 Å². The maximum atomic E-state index is 5.06. The van der Waals surface area contributed by atoms with E-state index in [9.17, 15) is 0 Å². The molecule has 3 heteroatoms. The second-order valence-corrected chi connectivity index (χ2v) is 14.0. The minimum absolute atomic E-state index is 0.0270. The largest absolute Gasteiger partial charge is 0.208 e. The summed E-state index contributed by atoms with van der Waals surface area (Å²) in [6, 6.07) is 52.1. The van der Waals surface area contributed by atoms with Gasteiger partial charge in [-0.25, -0.2) is 15.0 Å². The Kier molecular flexibility index (Phi) is 9.73. The second kappa shape index (κ2) is 15.2. The van der Waals surface area contributed by atoms with E-state index in [1.165, 1.54) is 46.9 Å². The van der Waals surface area contributed by atoms with Crippen LogP contribution in [0.5, 0.6) is 0 Å². The van der Waals surface area contributed by atoms with Crippen LogP contribution in [0.4, 0.5) is 0 Å². The maximum Gasteiger partial charge on any atom is 0.164 e. The van der Waals surface area contributed by atoms with Crippen molar-refractivity contribution in [3.63, 3.8) is 0 Å². The number of allylic oxidation sites excluding steroid dienone is 5. The number of fused-ring (bicyclic) bond motifs is 1. The van der Waals surface area contributed by atoms with E-state index in [-0.39, 0.29) is 5.41 Å². The fraction of sp³-hybridized carbons (Fsp3) is 0.140. The highest BCUT2D eigenvalue weighted by molar-refractivity contribution is 5.86. The molecule has 0 N–H and O–H groups in total. The average molecular weight is 686 g/mol. The van der Waals surface area contributed by atoms with Gasteiger partial charge in [-0.3, -0.25) is 0 Å². The molecule has 0 saturated heterocycles. The molecule has 6 aromatic carbocycles. The van der Waals surface area contributed by atoms with Crippen LogP contribution in [0.25, 0.3) is 61.6 Å². The van der Waals surface area contributed by atoms with Gasteiger partial charge in [-0.05, 0) is 70.0 Å². The molecule has 1 heterocycles. The molecule has 0 atom stereocenters. The Bertz CT molecular complexity index is 2410. The molecule has 1 aliphatic rings. The normalized spacial score (nSPS) is 14.2. The Hall–Kier alpha value is -6.19. The highest BCUT2D eigenvalue weighted by Gasteiger charge is 2.35. The summed E-state index contributed by atoms with van der Waals surface area (Å²) in [5.41, 5.74) is 10.2. The molecule has 1 saturated carbocycles. The lowest BCUT2D eigenvalue weighted by Crippen LogP contribution is -2.30. The van der Waals surface area contributed by atoms with E-state index >= 15 is 0 Å². The first-order valence-electron chi connectivity index (χ1n) is 18.7. The van der Waals surface area contributed by atoms with Crippen molar-refractivity contribution in [2.75, 3.05) is 0 Å². The third kappa shape index (κ3) is 7.16. The van der Waals surface area contributed by atoms with E-state index < -0.39 is 0 Å². The molecule has 8 rings (SSSR count). The van der Waals surface area contributed by atoms with Gasteiger partial charge in [0, 0.05) is 22.1 Å². The van der Waals surface area contributed by atoms with E-state index in [0.29, 0.717) is 17.5 Å². The van der Waals surface area contributed by atoms with Crippen LogP contribution in [0.3, 0.4) is 0 Å². The van der Waals surface area contributed by atoms with Gasteiger partial charge in [-0.2, -0.15) is 0 Å². The monoisotopic (exact) mass is 685 g/mol. The highest BCUT2D eigenvalue weighted by atomic mass is 15.0. The Morgan fingerprint density at radius 1 is 0.509 bits per heavy atom. The van der Waals surface area contributed by atoms with E-state index in [2.05, 4.69) is 140 Å². The fourth-order valence-corrected chi connectivity index (χ4v) is 7.75. The molecule has 53 heavy (non-hydrogen) atoms. The third-order valence-electron chi connectivity index (χ3n) is 10.7. The van der Waals surface area contributed by atoms with Gasteiger partial charge in [0.05, 0.1) is 0 Å². The van der Waals surface area contributed by atoms with E-state index in [0.717, 1.165) is 46.1 Å². The van der Waals surface area contributed by atoms with Gasteiger partial charge in [0.2, 0.25) is 0 Å². The zero-order valence-electron chi connectivity index (χ0n) is 30.3. The number of hydrogen-bond donors (Lipinski definition) is 0. The molecule has 3 nitrogen and oxygen atoms in total. The smallest absolute Gasteiger partial charge is 0.164 e. The Morgan fingerprint density at radius 3 is 1.64 bits per heavy atom. The fourth-order valence-electron chi connectivity index (χ4n) is 7.75. The minimum Gasteiger partial charge on any atom is -0.208 e. The van der Waals surface area contributed by atoms with E-state index in [1.807, 2.05) is 43.4 Å². The van der Waals surface area contributed by atoms with Crippen molar-refractivity contribution in [3.05, 3.63) is 193 Å². The van der Waals surface area contributed by atoms with Gasteiger partial charge < -0.3 is 0 Å². The standard InChI is InChI=1S/C50H43N3/c1-3-4-7-14-36(2)37-19-21-39(22-20-37)40-25-29-45(30-26-40)50(33-12-6-13-34-50)46-31-27-42(28-32-46)48-51-47(41-16-8-5-9-17-41)52-49(53-48)44-24-23-38-15-10-11-18-43(38)35-44/h3-5,7-11,14-32,35H,2,6,12-13,33-34H2,1H3/b4-3-,14-7-. The van der Waals surface area contributed by atoms with Crippen molar-refractivity contribution >= 4 is 16.3 Å². The zero-order chi connectivity index (χ0) is 36.0. The summed E-state index contributed by atoms with van der Waals surface area (Å²) in [7, 11) is 0. The van der Waals surface area contributed by atoms with Crippen molar-refractivity contribution in [1.29, 1.82) is 0 Å². The maximum absolute atomic E-state index is 5.06. The van der Waals surface area contributed by atoms with Crippen LogP contribution >= 0.6 is 0 Å². The van der Waals surface area contributed by atoms with Crippen LogP contribution in [-0.4, -0.2) is 15.0 Å². The van der Waals surface area contributed by atoms with E-state index in [4.69, 9.17) is 15.0 Å². The number of nitrogens with zero attached hydrogens (tertiary/aromatic N) is 3. The molecule has 0 amide bonds. The lowest BCUT2D eigenvalue weighted by molar-refractivity contribution is 0.346. The highest BCUT2D eigenvalue weighted by Crippen LogP contribution is 2.45. The number of rotatable bonds is 9. The molecule has 258 valence electrons. The van der Waals surface area contributed by atoms with Crippen LogP contribution in [0.15, 0.2) is 176 Å². The van der Waals surface area contributed by atoms with Gasteiger partial charge in [-0.1, -0.05) is 190 Å².